The van der Waals surface area contributed by atoms with Gasteiger partial charge in [0.1, 0.15) is 0 Å². The van der Waals surface area contributed by atoms with E-state index in [0.717, 1.165) is 41.8 Å². The molecule has 1 aliphatic rings. The molecule has 0 bridgehead atoms. The number of hydrogen-bond donors (Lipinski definition) is 2. The van der Waals surface area contributed by atoms with Crippen molar-refractivity contribution in [2.24, 2.45) is 10.7 Å². The van der Waals surface area contributed by atoms with Gasteiger partial charge in [0.25, 0.3) is 0 Å². The molecule has 1 atom stereocenters. The summed E-state index contributed by atoms with van der Waals surface area (Å²) in [5, 5.41) is 10.1. The largest absolute Gasteiger partial charge is 0.405 e. The van der Waals surface area contributed by atoms with Gasteiger partial charge in [0, 0.05) is 12.1 Å². The van der Waals surface area contributed by atoms with Crippen LogP contribution in [0.4, 0.5) is 0 Å². The van der Waals surface area contributed by atoms with E-state index in [0.29, 0.717) is 0 Å². The summed E-state index contributed by atoms with van der Waals surface area (Å²) in [5.41, 5.74) is 9.43. The van der Waals surface area contributed by atoms with Crippen molar-refractivity contribution in [2.45, 2.75) is 25.9 Å². The molecule has 0 radical (unpaired) electrons. The van der Waals surface area contributed by atoms with Crippen LogP contribution in [0.1, 0.15) is 42.6 Å². The first-order chi connectivity index (χ1) is 9.26. The molecule has 2 rings (SSSR count). The van der Waals surface area contributed by atoms with Crippen molar-refractivity contribution in [3.8, 4) is 0 Å². The van der Waals surface area contributed by atoms with Gasteiger partial charge in [0.15, 0.2) is 0 Å². The number of allylic oxidation sites excluding steroid dienone is 2. The summed E-state index contributed by atoms with van der Waals surface area (Å²) in [6, 6.07) is 6.05. The lowest BCUT2D eigenvalue weighted by Gasteiger charge is -2.12. The summed E-state index contributed by atoms with van der Waals surface area (Å²) in [4.78, 5) is 4.44. The van der Waals surface area contributed by atoms with Crippen molar-refractivity contribution in [2.75, 3.05) is 6.54 Å². The lowest BCUT2D eigenvalue weighted by Crippen LogP contribution is -2.03. The first-order valence-electron chi connectivity index (χ1n) is 6.68. The van der Waals surface area contributed by atoms with Crippen LogP contribution in [0, 0.1) is 0 Å². The third-order valence-electron chi connectivity index (χ3n) is 3.23. The minimum Gasteiger partial charge on any atom is -0.405 e. The second-order valence-corrected chi connectivity index (χ2v) is 4.56. The normalized spacial score (nSPS) is 19.5. The van der Waals surface area contributed by atoms with Crippen molar-refractivity contribution in [1.82, 2.24) is 0 Å². The van der Waals surface area contributed by atoms with Crippen molar-refractivity contribution < 1.29 is 5.11 Å². The third kappa shape index (κ3) is 3.12. The highest BCUT2D eigenvalue weighted by molar-refractivity contribution is 6.09. The Morgan fingerprint density at radius 2 is 2.37 bits per heavy atom. The molecule has 0 saturated heterocycles. The summed E-state index contributed by atoms with van der Waals surface area (Å²) < 4.78 is 0. The number of nitrogens with zero attached hydrogens (tertiary/aromatic N) is 1. The Balaban J connectivity index is 2.44. The average molecular weight is 256 g/mol. The summed E-state index contributed by atoms with van der Waals surface area (Å²) in [5.74, 6) is 0. The van der Waals surface area contributed by atoms with E-state index in [-0.39, 0.29) is 6.10 Å². The summed E-state index contributed by atoms with van der Waals surface area (Å²) in [6.45, 7) is 2.71. The number of aliphatic hydroxyl groups is 1. The van der Waals surface area contributed by atoms with E-state index in [2.05, 4.69) is 23.2 Å². The Hall–Kier alpha value is -1.87. The fraction of sp³-hybridized carbons (Fsp3) is 0.312. The number of aliphatic hydroxyl groups excluding tert-OH is 1. The number of hydrogen-bond acceptors (Lipinski definition) is 3. The third-order valence-corrected chi connectivity index (χ3v) is 3.23. The van der Waals surface area contributed by atoms with Crippen LogP contribution < -0.4 is 5.73 Å². The van der Waals surface area contributed by atoms with E-state index in [9.17, 15) is 5.11 Å². The Morgan fingerprint density at radius 3 is 3.11 bits per heavy atom. The molecule has 3 nitrogen and oxygen atoms in total. The zero-order valence-corrected chi connectivity index (χ0v) is 11.2. The van der Waals surface area contributed by atoms with Crippen LogP contribution in [0.5, 0.6) is 0 Å². The van der Waals surface area contributed by atoms with E-state index in [1.54, 1.807) is 0 Å². The van der Waals surface area contributed by atoms with E-state index in [1.807, 2.05) is 25.1 Å². The fourth-order valence-electron chi connectivity index (χ4n) is 2.30. The number of fused-ring (bicyclic) bond motifs is 1. The Labute approximate surface area is 114 Å². The molecular weight excluding hydrogens is 236 g/mol. The van der Waals surface area contributed by atoms with Gasteiger partial charge in [-0.2, -0.15) is 0 Å². The topological polar surface area (TPSA) is 58.6 Å². The van der Waals surface area contributed by atoms with Crippen molar-refractivity contribution >= 4 is 11.8 Å². The van der Waals surface area contributed by atoms with E-state index >= 15 is 0 Å². The minimum atomic E-state index is -0.379. The number of aliphatic imine (C=N–C) groups is 1. The maximum absolute atomic E-state index is 10.1. The number of benzene rings is 1. The molecular formula is C16H20N2O. The maximum atomic E-state index is 10.1. The van der Waals surface area contributed by atoms with E-state index in [1.165, 1.54) is 6.20 Å². The molecule has 19 heavy (non-hydrogen) atoms. The molecule has 0 fully saturated rings. The lowest BCUT2D eigenvalue weighted by molar-refractivity contribution is 0.169. The average Bonchev–Trinajstić information content (AvgIpc) is 2.60. The van der Waals surface area contributed by atoms with Gasteiger partial charge in [0.05, 0.1) is 11.8 Å². The monoisotopic (exact) mass is 256 g/mol. The van der Waals surface area contributed by atoms with Crippen LogP contribution in [-0.2, 0) is 0 Å². The molecule has 3 N–H and O–H groups in total. The molecule has 1 aromatic carbocycles. The van der Waals surface area contributed by atoms with E-state index in [4.69, 9.17) is 5.73 Å². The Kier molecular flexibility index (Phi) is 4.53. The molecule has 0 heterocycles. The van der Waals surface area contributed by atoms with Crippen LogP contribution in [0.3, 0.4) is 0 Å². The molecule has 3 heteroatoms. The van der Waals surface area contributed by atoms with Gasteiger partial charge >= 0.3 is 0 Å². The van der Waals surface area contributed by atoms with Gasteiger partial charge in [-0.3, -0.25) is 4.99 Å². The summed E-state index contributed by atoms with van der Waals surface area (Å²) in [7, 11) is 0. The SMILES string of the molecule is CCN=C(/C=C\N)c1ccc2c(c1)C=CCCC2O. The quantitative estimate of drug-likeness (QED) is 0.817. The van der Waals surface area contributed by atoms with Gasteiger partial charge in [-0.1, -0.05) is 24.3 Å². The smallest absolute Gasteiger partial charge is 0.0798 e. The predicted octanol–water partition coefficient (Wildman–Crippen LogP) is 2.81. The van der Waals surface area contributed by atoms with Crippen molar-refractivity contribution in [1.29, 1.82) is 0 Å². The van der Waals surface area contributed by atoms with Gasteiger partial charge in [-0.05, 0) is 49.2 Å². The highest BCUT2D eigenvalue weighted by Gasteiger charge is 2.14. The zero-order chi connectivity index (χ0) is 13.7. The number of rotatable bonds is 3. The molecule has 0 amide bonds. The Morgan fingerprint density at radius 1 is 1.53 bits per heavy atom. The summed E-state index contributed by atoms with van der Waals surface area (Å²) >= 11 is 0. The van der Waals surface area contributed by atoms with Gasteiger partial charge in [0.2, 0.25) is 0 Å². The molecule has 0 aromatic heterocycles. The molecule has 0 spiro atoms. The second-order valence-electron chi connectivity index (χ2n) is 4.56. The lowest BCUT2D eigenvalue weighted by atomic mass is 9.97. The van der Waals surface area contributed by atoms with Crippen LogP contribution in [0.25, 0.3) is 6.08 Å². The maximum Gasteiger partial charge on any atom is 0.0798 e. The van der Waals surface area contributed by atoms with Crippen molar-refractivity contribution in [3.63, 3.8) is 0 Å². The fourth-order valence-corrected chi connectivity index (χ4v) is 2.30. The highest BCUT2D eigenvalue weighted by Crippen LogP contribution is 2.28. The molecule has 0 saturated carbocycles. The first kappa shape index (κ1) is 13.6. The van der Waals surface area contributed by atoms with Gasteiger partial charge in [-0.15, -0.1) is 0 Å². The van der Waals surface area contributed by atoms with Gasteiger partial charge < -0.3 is 10.8 Å². The van der Waals surface area contributed by atoms with Crippen LogP contribution >= 0.6 is 0 Å². The molecule has 0 aliphatic heterocycles. The second kappa shape index (κ2) is 6.34. The summed E-state index contributed by atoms with van der Waals surface area (Å²) in [6.07, 6.45) is 8.80. The van der Waals surface area contributed by atoms with Crippen LogP contribution in [0.15, 0.2) is 41.5 Å². The van der Waals surface area contributed by atoms with Crippen LogP contribution in [-0.4, -0.2) is 17.4 Å². The molecule has 1 unspecified atom stereocenters. The van der Waals surface area contributed by atoms with Crippen molar-refractivity contribution in [3.05, 3.63) is 53.2 Å². The van der Waals surface area contributed by atoms with E-state index < -0.39 is 0 Å². The Bertz CT molecular complexity index is 530. The first-order valence-corrected chi connectivity index (χ1v) is 6.68. The standard InChI is InChI=1S/C16H20N2O/c1-2-18-15(9-10-17)13-7-8-14-12(11-13)5-3-4-6-16(14)19/h3,5,7-11,16,19H,2,4,6,17H2,1H3/b10-9-,18-15?. The van der Waals surface area contributed by atoms with Gasteiger partial charge in [-0.25, -0.2) is 0 Å². The highest BCUT2D eigenvalue weighted by atomic mass is 16.3. The van der Waals surface area contributed by atoms with Crippen LogP contribution in [0.2, 0.25) is 0 Å². The number of nitrogens with two attached hydrogens (primary N) is 1. The molecule has 1 aromatic rings. The minimum absolute atomic E-state index is 0.379. The molecule has 1 aliphatic carbocycles. The predicted molar refractivity (Wildman–Crippen MR) is 80.1 cm³/mol. The molecule has 100 valence electrons. The zero-order valence-electron chi connectivity index (χ0n) is 11.2.